The van der Waals surface area contributed by atoms with E-state index in [1.165, 1.54) is 0 Å². The first-order valence-electron chi connectivity index (χ1n) is 5.75. The number of carbonyl (C=O) groups is 1. The lowest BCUT2D eigenvalue weighted by Crippen LogP contribution is -2.12. The van der Waals surface area contributed by atoms with Crippen LogP contribution < -0.4 is 10.1 Å². The van der Waals surface area contributed by atoms with Crippen molar-refractivity contribution in [2.75, 3.05) is 11.9 Å². The molecule has 1 amide bonds. The Balaban J connectivity index is 2.09. The molecular weight excluding hydrogens is 230 g/mol. The predicted molar refractivity (Wildman–Crippen MR) is 68.9 cm³/mol. The lowest BCUT2D eigenvalue weighted by Gasteiger charge is -2.06. The molecule has 0 atom stereocenters. The predicted octanol–water partition coefficient (Wildman–Crippen LogP) is 2.37. The number of rotatable bonds is 4. The zero-order valence-corrected chi connectivity index (χ0v) is 10.4. The van der Waals surface area contributed by atoms with Gasteiger partial charge in [0, 0.05) is 17.4 Å². The molecule has 2 rings (SSSR count). The highest BCUT2D eigenvalue weighted by Crippen LogP contribution is 2.17. The Bertz CT molecular complexity index is 549. The molecule has 1 aromatic heterocycles. The number of carbonyl (C=O) groups excluding carboxylic acids is 1. The average Bonchev–Trinajstić information content (AvgIpc) is 2.77. The zero-order valence-electron chi connectivity index (χ0n) is 10.4. The Hall–Kier alpha value is -2.30. The molecule has 0 saturated carbocycles. The SMILES string of the molecule is CCOc1cccc(NC(=O)c2cc(C)[nH]n2)c1. The molecule has 94 valence electrons. The van der Waals surface area contributed by atoms with E-state index in [2.05, 4.69) is 15.5 Å². The first-order chi connectivity index (χ1) is 8.69. The van der Waals surface area contributed by atoms with Crippen LogP contribution in [-0.2, 0) is 0 Å². The van der Waals surface area contributed by atoms with Gasteiger partial charge in [0.05, 0.1) is 6.61 Å². The van der Waals surface area contributed by atoms with E-state index in [9.17, 15) is 4.79 Å². The number of anilines is 1. The summed E-state index contributed by atoms with van der Waals surface area (Å²) >= 11 is 0. The summed E-state index contributed by atoms with van der Waals surface area (Å²) in [5.74, 6) is 0.488. The Morgan fingerprint density at radius 3 is 2.94 bits per heavy atom. The van der Waals surface area contributed by atoms with Crippen molar-refractivity contribution in [1.29, 1.82) is 0 Å². The van der Waals surface area contributed by atoms with Crippen molar-refractivity contribution in [3.8, 4) is 5.75 Å². The first kappa shape index (κ1) is 12.2. The molecule has 0 saturated heterocycles. The number of nitrogens with one attached hydrogen (secondary N) is 2. The van der Waals surface area contributed by atoms with Gasteiger partial charge >= 0.3 is 0 Å². The van der Waals surface area contributed by atoms with Gasteiger partial charge in [-0.15, -0.1) is 0 Å². The van der Waals surface area contributed by atoms with Crippen LogP contribution in [0.5, 0.6) is 5.75 Å². The molecule has 0 aliphatic rings. The fourth-order valence-electron chi connectivity index (χ4n) is 1.56. The summed E-state index contributed by atoms with van der Waals surface area (Å²) in [7, 11) is 0. The summed E-state index contributed by atoms with van der Waals surface area (Å²) in [5, 5.41) is 9.40. The van der Waals surface area contributed by atoms with Gasteiger partial charge in [-0.1, -0.05) is 6.07 Å². The first-order valence-corrected chi connectivity index (χ1v) is 5.75. The van der Waals surface area contributed by atoms with Gasteiger partial charge in [0.2, 0.25) is 0 Å². The third-order valence-corrected chi connectivity index (χ3v) is 2.34. The van der Waals surface area contributed by atoms with Gasteiger partial charge in [-0.25, -0.2) is 0 Å². The molecule has 18 heavy (non-hydrogen) atoms. The van der Waals surface area contributed by atoms with Gasteiger partial charge in [0.25, 0.3) is 5.91 Å². The Labute approximate surface area is 105 Å². The molecule has 1 aromatic carbocycles. The van der Waals surface area contributed by atoms with Gasteiger partial charge in [0.15, 0.2) is 5.69 Å². The minimum atomic E-state index is -0.243. The second-order valence-electron chi connectivity index (χ2n) is 3.85. The van der Waals surface area contributed by atoms with Crippen molar-refractivity contribution in [2.24, 2.45) is 0 Å². The number of aromatic nitrogens is 2. The standard InChI is InChI=1S/C13H15N3O2/c1-3-18-11-6-4-5-10(8-11)14-13(17)12-7-9(2)15-16-12/h4-8H,3H2,1-2H3,(H,14,17)(H,15,16). The second kappa shape index (κ2) is 5.35. The lowest BCUT2D eigenvalue weighted by molar-refractivity contribution is 0.102. The van der Waals surface area contributed by atoms with Crippen molar-refractivity contribution >= 4 is 11.6 Å². The minimum Gasteiger partial charge on any atom is -0.494 e. The average molecular weight is 245 g/mol. The van der Waals surface area contributed by atoms with Crippen LogP contribution in [0.1, 0.15) is 23.1 Å². The molecule has 2 aromatic rings. The molecule has 2 N–H and O–H groups in total. The Morgan fingerprint density at radius 2 is 2.28 bits per heavy atom. The number of ether oxygens (including phenoxy) is 1. The number of H-pyrrole nitrogens is 1. The van der Waals surface area contributed by atoms with Crippen LogP contribution in [0.3, 0.4) is 0 Å². The molecule has 0 fully saturated rings. The molecule has 0 unspecified atom stereocenters. The monoisotopic (exact) mass is 245 g/mol. The third kappa shape index (κ3) is 2.88. The normalized spacial score (nSPS) is 10.1. The van der Waals surface area contributed by atoms with Crippen LogP contribution in [0.2, 0.25) is 0 Å². The molecule has 0 aliphatic heterocycles. The molecule has 5 nitrogen and oxygen atoms in total. The number of amides is 1. The highest BCUT2D eigenvalue weighted by Gasteiger charge is 2.09. The maximum atomic E-state index is 11.9. The quantitative estimate of drug-likeness (QED) is 0.869. The molecular formula is C13H15N3O2. The fraction of sp³-hybridized carbons (Fsp3) is 0.231. The fourth-order valence-corrected chi connectivity index (χ4v) is 1.56. The number of aryl methyl sites for hydroxylation is 1. The Kier molecular flexibility index (Phi) is 3.62. The maximum Gasteiger partial charge on any atom is 0.276 e. The van der Waals surface area contributed by atoms with E-state index in [1.54, 1.807) is 18.2 Å². The minimum absolute atomic E-state index is 0.243. The number of benzene rings is 1. The number of aromatic amines is 1. The van der Waals surface area contributed by atoms with Gasteiger partial charge < -0.3 is 10.1 Å². The lowest BCUT2D eigenvalue weighted by atomic mass is 10.3. The van der Waals surface area contributed by atoms with Crippen LogP contribution in [0.15, 0.2) is 30.3 Å². The Morgan fingerprint density at radius 1 is 1.44 bits per heavy atom. The molecule has 0 aliphatic carbocycles. The van der Waals surface area contributed by atoms with Crippen LogP contribution in [-0.4, -0.2) is 22.7 Å². The van der Waals surface area contributed by atoms with Crippen molar-refractivity contribution in [3.05, 3.63) is 41.7 Å². The van der Waals surface area contributed by atoms with Crippen LogP contribution in [0.25, 0.3) is 0 Å². The summed E-state index contributed by atoms with van der Waals surface area (Å²) in [6, 6.07) is 8.96. The third-order valence-electron chi connectivity index (χ3n) is 2.34. The molecule has 0 spiro atoms. The van der Waals surface area contributed by atoms with Gasteiger partial charge in [-0.2, -0.15) is 5.10 Å². The molecule has 0 radical (unpaired) electrons. The highest BCUT2D eigenvalue weighted by molar-refractivity contribution is 6.02. The van der Waals surface area contributed by atoms with Gasteiger partial charge in [-0.05, 0) is 32.0 Å². The molecule has 1 heterocycles. The van der Waals surface area contributed by atoms with Gasteiger partial charge in [0.1, 0.15) is 5.75 Å². The van der Waals surface area contributed by atoms with E-state index >= 15 is 0 Å². The van der Waals surface area contributed by atoms with Crippen molar-refractivity contribution in [3.63, 3.8) is 0 Å². The zero-order chi connectivity index (χ0) is 13.0. The van der Waals surface area contributed by atoms with Crippen molar-refractivity contribution < 1.29 is 9.53 Å². The highest BCUT2D eigenvalue weighted by atomic mass is 16.5. The second-order valence-corrected chi connectivity index (χ2v) is 3.85. The molecule has 5 heteroatoms. The van der Waals surface area contributed by atoms with E-state index in [0.717, 1.165) is 11.4 Å². The largest absolute Gasteiger partial charge is 0.494 e. The van der Waals surface area contributed by atoms with Crippen LogP contribution in [0.4, 0.5) is 5.69 Å². The van der Waals surface area contributed by atoms with Crippen LogP contribution in [0, 0.1) is 6.92 Å². The summed E-state index contributed by atoms with van der Waals surface area (Å²) in [6.45, 7) is 4.35. The van der Waals surface area contributed by atoms with E-state index in [4.69, 9.17) is 4.74 Å². The summed E-state index contributed by atoms with van der Waals surface area (Å²) in [4.78, 5) is 11.9. The van der Waals surface area contributed by atoms with E-state index in [0.29, 0.717) is 18.0 Å². The van der Waals surface area contributed by atoms with Gasteiger partial charge in [-0.3, -0.25) is 9.89 Å². The summed E-state index contributed by atoms with van der Waals surface area (Å²) < 4.78 is 5.36. The number of hydrogen-bond donors (Lipinski definition) is 2. The smallest absolute Gasteiger partial charge is 0.276 e. The molecule has 0 bridgehead atoms. The van der Waals surface area contributed by atoms with E-state index in [1.807, 2.05) is 26.0 Å². The number of nitrogens with zero attached hydrogens (tertiary/aromatic N) is 1. The van der Waals surface area contributed by atoms with E-state index in [-0.39, 0.29) is 5.91 Å². The number of hydrogen-bond acceptors (Lipinski definition) is 3. The summed E-state index contributed by atoms with van der Waals surface area (Å²) in [6.07, 6.45) is 0. The van der Waals surface area contributed by atoms with Crippen molar-refractivity contribution in [2.45, 2.75) is 13.8 Å². The van der Waals surface area contributed by atoms with Crippen molar-refractivity contribution in [1.82, 2.24) is 10.2 Å². The summed E-state index contributed by atoms with van der Waals surface area (Å²) in [5.41, 5.74) is 1.91. The van der Waals surface area contributed by atoms with Crippen LogP contribution >= 0.6 is 0 Å². The maximum absolute atomic E-state index is 11.9. The van der Waals surface area contributed by atoms with E-state index < -0.39 is 0 Å². The topological polar surface area (TPSA) is 67.0 Å².